The van der Waals surface area contributed by atoms with Crippen molar-refractivity contribution >= 4 is 19.9 Å². The maximum Gasteiger partial charge on any atom is 0.192 e. The highest BCUT2D eigenvalue weighted by molar-refractivity contribution is 6.73. The molecule has 2 nitrogen and oxygen atoms in total. The third-order valence-electron chi connectivity index (χ3n) is 5.22. The predicted molar refractivity (Wildman–Crippen MR) is 110 cm³/mol. The zero-order valence-electron chi connectivity index (χ0n) is 16.5. The lowest BCUT2D eigenvalue weighted by atomic mass is 10.1. The van der Waals surface area contributed by atoms with Crippen molar-refractivity contribution in [2.75, 3.05) is 6.54 Å². The van der Waals surface area contributed by atoms with Gasteiger partial charge in [0.1, 0.15) is 17.5 Å². The Kier molecular flexibility index (Phi) is 8.55. The summed E-state index contributed by atoms with van der Waals surface area (Å²) in [5.41, 5.74) is 1.22. The van der Waals surface area contributed by atoms with E-state index in [-0.39, 0.29) is 12.6 Å². The Hall–Kier alpha value is -1.34. The van der Waals surface area contributed by atoms with E-state index in [1.54, 1.807) is 6.07 Å². The second-order valence-electron chi connectivity index (χ2n) is 6.92. The average Bonchev–Trinajstić information content (AvgIpc) is 2.64. The first-order valence-electron chi connectivity index (χ1n) is 9.61. The zero-order valence-corrected chi connectivity index (χ0v) is 18.3. The summed E-state index contributed by atoms with van der Waals surface area (Å²) < 4.78 is 46.9. The minimum absolute atomic E-state index is 0.284. The van der Waals surface area contributed by atoms with Crippen LogP contribution in [0.2, 0.25) is 23.2 Å². The molecule has 0 saturated carbocycles. The largest absolute Gasteiger partial charge is 0.409 e. The highest BCUT2D eigenvalue weighted by atomic mass is 35.5. The summed E-state index contributed by atoms with van der Waals surface area (Å²) in [4.78, 5) is 0. The predicted octanol–water partition coefficient (Wildman–Crippen LogP) is 6.61. The van der Waals surface area contributed by atoms with Gasteiger partial charge in [-0.3, -0.25) is 0 Å². The van der Waals surface area contributed by atoms with Gasteiger partial charge in [-0.15, -0.1) is 0 Å². The maximum atomic E-state index is 13.5. The Morgan fingerprint density at radius 3 is 2.07 bits per heavy atom. The number of hydrogen-bond donors (Lipinski definition) is 1. The van der Waals surface area contributed by atoms with Gasteiger partial charge in [-0.05, 0) is 53.5 Å². The van der Waals surface area contributed by atoms with Crippen molar-refractivity contribution in [1.82, 2.24) is 5.32 Å². The molecule has 0 heterocycles. The lowest BCUT2D eigenvalue weighted by molar-refractivity contribution is 0.186. The van der Waals surface area contributed by atoms with Crippen molar-refractivity contribution in [3.8, 4) is 0 Å². The molecule has 0 fully saturated rings. The minimum atomic E-state index is -1.96. The molecule has 1 N–H and O–H groups in total. The Morgan fingerprint density at radius 2 is 1.54 bits per heavy atom. The van der Waals surface area contributed by atoms with Crippen LogP contribution in [0.4, 0.5) is 13.2 Å². The standard InChI is InChI=1S/C21H27ClF3NOSi/c1-4-28(5-2,6-3)27-21(19-8-7-16(23)12-20(19)22)14-26-13-15-9-17(24)11-18(25)10-15/h7-12,21,26H,4-6,13-14H2,1-3H3. The van der Waals surface area contributed by atoms with Gasteiger partial charge in [0.05, 0.1) is 6.10 Å². The Labute approximate surface area is 171 Å². The van der Waals surface area contributed by atoms with Crippen molar-refractivity contribution < 1.29 is 17.6 Å². The molecule has 0 bridgehead atoms. The van der Waals surface area contributed by atoms with E-state index in [0.29, 0.717) is 22.7 Å². The van der Waals surface area contributed by atoms with Gasteiger partial charge < -0.3 is 9.74 Å². The van der Waals surface area contributed by atoms with Crippen LogP contribution in [-0.4, -0.2) is 14.9 Å². The Bertz CT molecular complexity index is 758. The van der Waals surface area contributed by atoms with Gasteiger partial charge in [0.15, 0.2) is 8.32 Å². The van der Waals surface area contributed by atoms with Gasteiger partial charge >= 0.3 is 0 Å². The lowest BCUT2D eigenvalue weighted by Gasteiger charge is -2.34. The fourth-order valence-electron chi connectivity index (χ4n) is 3.34. The second-order valence-corrected chi connectivity index (χ2v) is 12.1. The third kappa shape index (κ3) is 6.08. The number of rotatable bonds is 10. The quantitative estimate of drug-likeness (QED) is 0.429. The molecule has 7 heteroatoms. The van der Waals surface area contributed by atoms with Gasteiger partial charge in [-0.2, -0.15) is 0 Å². The van der Waals surface area contributed by atoms with Crippen molar-refractivity contribution in [2.24, 2.45) is 0 Å². The number of benzene rings is 2. The molecule has 0 saturated heterocycles. The van der Waals surface area contributed by atoms with Gasteiger partial charge in [0.25, 0.3) is 0 Å². The highest BCUT2D eigenvalue weighted by Crippen LogP contribution is 2.33. The van der Waals surface area contributed by atoms with E-state index in [9.17, 15) is 13.2 Å². The Balaban J connectivity index is 2.20. The molecule has 2 aromatic rings. The topological polar surface area (TPSA) is 21.3 Å². The molecular formula is C21H27ClF3NOSi. The van der Waals surface area contributed by atoms with E-state index in [1.807, 2.05) is 0 Å². The molecule has 0 aromatic heterocycles. The van der Waals surface area contributed by atoms with Crippen molar-refractivity contribution in [3.63, 3.8) is 0 Å². The van der Waals surface area contributed by atoms with Crippen LogP contribution < -0.4 is 5.32 Å². The SMILES string of the molecule is CC[Si](CC)(CC)OC(CNCc1cc(F)cc(F)c1)c1ccc(F)cc1Cl. The molecule has 2 aromatic carbocycles. The first-order chi connectivity index (χ1) is 13.3. The van der Waals surface area contributed by atoms with Crippen LogP contribution in [-0.2, 0) is 11.0 Å². The summed E-state index contributed by atoms with van der Waals surface area (Å²) in [6.07, 6.45) is -0.363. The monoisotopic (exact) mass is 429 g/mol. The van der Waals surface area contributed by atoms with E-state index in [4.69, 9.17) is 16.0 Å². The molecule has 0 aliphatic heterocycles. The van der Waals surface area contributed by atoms with Crippen molar-refractivity contribution in [1.29, 1.82) is 0 Å². The fourth-order valence-corrected chi connectivity index (χ4v) is 6.44. The van der Waals surface area contributed by atoms with Crippen LogP contribution in [0.1, 0.15) is 38.0 Å². The van der Waals surface area contributed by atoms with Crippen molar-refractivity contribution in [2.45, 2.75) is 51.6 Å². The first kappa shape index (κ1) is 22.9. The van der Waals surface area contributed by atoms with Gasteiger partial charge in [-0.1, -0.05) is 38.4 Å². The third-order valence-corrected chi connectivity index (χ3v) is 10.2. The van der Waals surface area contributed by atoms with Crippen molar-refractivity contribution in [3.05, 3.63) is 70.0 Å². The molecule has 0 amide bonds. The summed E-state index contributed by atoms with van der Waals surface area (Å²) in [6.45, 7) is 7.08. The number of hydrogen-bond acceptors (Lipinski definition) is 2. The maximum absolute atomic E-state index is 13.5. The summed E-state index contributed by atoms with van der Waals surface area (Å²) in [6, 6.07) is 10.6. The molecule has 0 aliphatic rings. The van der Waals surface area contributed by atoms with Crippen LogP contribution in [0.15, 0.2) is 36.4 Å². The summed E-state index contributed by atoms with van der Waals surface area (Å²) in [5.74, 6) is -1.62. The molecule has 1 unspecified atom stereocenters. The number of halogens is 4. The number of nitrogens with one attached hydrogen (secondary N) is 1. The molecule has 2 rings (SSSR count). The highest BCUT2D eigenvalue weighted by Gasteiger charge is 2.33. The van der Waals surface area contributed by atoms with E-state index < -0.39 is 25.8 Å². The molecule has 0 radical (unpaired) electrons. The molecular weight excluding hydrogens is 403 g/mol. The van der Waals surface area contributed by atoms with E-state index in [2.05, 4.69) is 26.1 Å². The molecule has 28 heavy (non-hydrogen) atoms. The van der Waals surface area contributed by atoms with Crippen LogP contribution in [0.25, 0.3) is 0 Å². The molecule has 0 spiro atoms. The average molecular weight is 430 g/mol. The van der Waals surface area contributed by atoms with Crippen LogP contribution in [0.5, 0.6) is 0 Å². The summed E-state index contributed by atoms with van der Waals surface area (Å²) in [5, 5.41) is 3.52. The van der Waals surface area contributed by atoms with E-state index in [1.165, 1.54) is 24.3 Å². The fraction of sp³-hybridized carbons (Fsp3) is 0.429. The minimum Gasteiger partial charge on any atom is -0.409 e. The normalized spacial score (nSPS) is 13.0. The van der Waals surface area contributed by atoms with Gasteiger partial charge in [-0.25, -0.2) is 13.2 Å². The first-order valence-corrected chi connectivity index (χ1v) is 12.5. The van der Waals surface area contributed by atoms with E-state index >= 15 is 0 Å². The van der Waals surface area contributed by atoms with Gasteiger partial charge in [0.2, 0.25) is 0 Å². The smallest absolute Gasteiger partial charge is 0.192 e. The molecule has 1 atom stereocenters. The summed E-state index contributed by atoms with van der Waals surface area (Å²) in [7, 11) is -1.96. The van der Waals surface area contributed by atoms with Crippen LogP contribution in [0, 0.1) is 17.5 Å². The van der Waals surface area contributed by atoms with Crippen LogP contribution >= 0.6 is 11.6 Å². The Morgan fingerprint density at radius 1 is 0.929 bits per heavy atom. The zero-order chi connectivity index (χ0) is 20.7. The second kappa shape index (κ2) is 10.4. The summed E-state index contributed by atoms with van der Waals surface area (Å²) >= 11 is 6.29. The molecule has 0 aliphatic carbocycles. The van der Waals surface area contributed by atoms with E-state index in [0.717, 1.165) is 24.2 Å². The van der Waals surface area contributed by atoms with Crippen LogP contribution in [0.3, 0.4) is 0 Å². The lowest BCUT2D eigenvalue weighted by Crippen LogP contribution is -2.39. The molecule has 154 valence electrons. The van der Waals surface area contributed by atoms with Gasteiger partial charge in [0, 0.05) is 24.2 Å².